The molecule has 0 spiro atoms. The molecule has 2 aliphatic heterocycles. The summed E-state index contributed by atoms with van der Waals surface area (Å²) >= 11 is 0. The molecule has 0 aromatic heterocycles. The largest absolute Gasteiger partial charge is 0.507 e. The van der Waals surface area contributed by atoms with E-state index in [-0.39, 0.29) is 11.3 Å². The summed E-state index contributed by atoms with van der Waals surface area (Å²) in [7, 11) is 0. The third kappa shape index (κ3) is 7.19. The van der Waals surface area contributed by atoms with Crippen LogP contribution in [0.15, 0.2) is 54.1 Å². The first-order valence-electron chi connectivity index (χ1n) is 13.9. The van der Waals surface area contributed by atoms with Gasteiger partial charge in [-0.1, -0.05) is 26.0 Å². The normalized spacial score (nSPS) is 19.6. The molecule has 2 saturated heterocycles. The molecule has 39 heavy (non-hydrogen) atoms. The molecular formula is C31H40N2O6. The van der Waals surface area contributed by atoms with Crippen LogP contribution in [0, 0.1) is 5.92 Å². The molecule has 2 heterocycles. The molecule has 1 atom stereocenters. The average Bonchev–Trinajstić information content (AvgIpc) is 3.19. The van der Waals surface area contributed by atoms with Gasteiger partial charge >= 0.3 is 0 Å². The SMILES string of the molecule is CCOc1ccc(/C(O)=C2\C(=O)C(=O)N(CCCN3CCOCC3)C2c2cccc(OCCC(C)C)c2)cc1. The number of carbonyl (C=O) groups is 2. The summed E-state index contributed by atoms with van der Waals surface area (Å²) in [5.41, 5.74) is 1.28. The second-order valence-electron chi connectivity index (χ2n) is 10.4. The number of aliphatic hydroxyl groups excluding tert-OH is 1. The number of rotatable bonds is 12. The molecule has 8 heteroatoms. The average molecular weight is 537 g/mol. The van der Waals surface area contributed by atoms with Gasteiger partial charge in [0.25, 0.3) is 11.7 Å². The number of amides is 1. The van der Waals surface area contributed by atoms with E-state index in [0.717, 1.165) is 31.6 Å². The summed E-state index contributed by atoms with van der Waals surface area (Å²) in [4.78, 5) is 30.6. The maximum absolute atomic E-state index is 13.4. The minimum atomic E-state index is -0.713. The van der Waals surface area contributed by atoms with Crippen LogP contribution < -0.4 is 9.47 Å². The van der Waals surface area contributed by atoms with E-state index in [0.29, 0.717) is 62.4 Å². The zero-order chi connectivity index (χ0) is 27.8. The van der Waals surface area contributed by atoms with Gasteiger partial charge in [0.15, 0.2) is 0 Å². The summed E-state index contributed by atoms with van der Waals surface area (Å²) in [6.45, 7) is 11.6. The Bertz CT molecular complexity index is 1150. The maximum Gasteiger partial charge on any atom is 0.295 e. The van der Waals surface area contributed by atoms with Gasteiger partial charge in [0.2, 0.25) is 0 Å². The number of Topliss-reactive ketones (excluding diaryl/α,β-unsaturated/α-hetero) is 1. The highest BCUT2D eigenvalue weighted by molar-refractivity contribution is 6.46. The quantitative estimate of drug-likeness (QED) is 0.240. The van der Waals surface area contributed by atoms with Crippen LogP contribution in [0.1, 0.15) is 50.8 Å². The van der Waals surface area contributed by atoms with E-state index in [1.165, 1.54) is 0 Å². The Kier molecular flexibility index (Phi) is 10.0. The number of carbonyl (C=O) groups excluding carboxylic acids is 2. The summed E-state index contributed by atoms with van der Waals surface area (Å²) < 4.78 is 16.9. The highest BCUT2D eigenvalue weighted by Gasteiger charge is 2.46. The third-order valence-electron chi connectivity index (χ3n) is 7.09. The standard InChI is InChI=1S/C31H40N2O6/c1-4-38-25-11-9-23(10-12-25)29(34)27-28(24-7-5-8-26(21-24)39-18-13-22(2)3)33(31(36)30(27)35)15-6-14-32-16-19-37-20-17-32/h5,7-12,21-22,28,34H,4,6,13-20H2,1-3H3/b29-27+. The monoisotopic (exact) mass is 536 g/mol. The zero-order valence-corrected chi connectivity index (χ0v) is 23.2. The van der Waals surface area contributed by atoms with Crippen molar-refractivity contribution in [2.24, 2.45) is 5.92 Å². The first-order valence-corrected chi connectivity index (χ1v) is 13.9. The number of aliphatic hydroxyl groups is 1. The Balaban J connectivity index is 1.65. The van der Waals surface area contributed by atoms with Gasteiger partial charge in [-0.25, -0.2) is 0 Å². The second-order valence-corrected chi connectivity index (χ2v) is 10.4. The number of ketones is 1. The highest BCUT2D eigenvalue weighted by atomic mass is 16.5. The lowest BCUT2D eigenvalue weighted by Gasteiger charge is -2.29. The molecule has 2 aromatic carbocycles. The predicted molar refractivity (Wildman–Crippen MR) is 150 cm³/mol. The first kappa shape index (κ1) is 28.6. The first-order chi connectivity index (χ1) is 18.9. The number of hydrogen-bond donors (Lipinski definition) is 1. The minimum absolute atomic E-state index is 0.0925. The van der Waals surface area contributed by atoms with Crippen LogP contribution in [0.4, 0.5) is 0 Å². The fraction of sp³-hybridized carbons (Fsp3) is 0.484. The topological polar surface area (TPSA) is 88.5 Å². The fourth-order valence-corrected chi connectivity index (χ4v) is 4.96. The molecule has 1 amide bonds. The number of morpholine rings is 1. The fourth-order valence-electron chi connectivity index (χ4n) is 4.96. The molecule has 8 nitrogen and oxygen atoms in total. The molecule has 0 aliphatic carbocycles. The van der Waals surface area contributed by atoms with Crippen molar-refractivity contribution in [3.05, 3.63) is 65.2 Å². The van der Waals surface area contributed by atoms with Crippen LogP contribution in [0.25, 0.3) is 5.76 Å². The molecular weight excluding hydrogens is 496 g/mol. The lowest BCUT2D eigenvalue weighted by atomic mass is 9.95. The van der Waals surface area contributed by atoms with Crippen LogP contribution >= 0.6 is 0 Å². The van der Waals surface area contributed by atoms with Crippen molar-refractivity contribution in [2.45, 2.75) is 39.7 Å². The van der Waals surface area contributed by atoms with Gasteiger partial charge in [-0.15, -0.1) is 0 Å². The summed E-state index contributed by atoms with van der Waals surface area (Å²) in [5, 5.41) is 11.4. The van der Waals surface area contributed by atoms with E-state index >= 15 is 0 Å². The van der Waals surface area contributed by atoms with Crippen LogP contribution in [0.2, 0.25) is 0 Å². The Morgan fingerprint density at radius 3 is 2.46 bits per heavy atom. The Morgan fingerprint density at radius 2 is 1.77 bits per heavy atom. The minimum Gasteiger partial charge on any atom is -0.507 e. The number of likely N-dealkylation sites (tertiary alicyclic amines) is 1. The summed E-state index contributed by atoms with van der Waals surface area (Å²) in [6, 6.07) is 13.7. The molecule has 1 unspecified atom stereocenters. The Labute approximate surface area is 231 Å². The van der Waals surface area contributed by atoms with Crippen LogP contribution in [0.3, 0.4) is 0 Å². The molecule has 210 valence electrons. The molecule has 0 bridgehead atoms. The molecule has 0 saturated carbocycles. The van der Waals surface area contributed by atoms with Crippen molar-refractivity contribution in [3.63, 3.8) is 0 Å². The van der Waals surface area contributed by atoms with Crippen molar-refractivity contribution < 1.29 is 28.9 Å². The number of ether oxygens (including phenoxy) is 3. The van der Waals surface area contributed by atoms with E-state index in [9.17, 15) is 14.7 Å². The van der Waals surface area contributed by atoms with Gasteiger partial charge in [0, 0.05) is 31.7 Å². The van der Waals surface area contributed by atoms with Crippen LogP contribution in [0.5, 0.6) is 11.5 Å². The number of benzene rings is 2. The third-order valence-corrected chi connectivity index (χ3v) is 7.09. The van der Waals surface area contributed by atoms with Crippen molar-refractivity contribution >= 4 is 17.4 Å². The Hall–Kier alpha value is -3.36. The van der Waals surface area contributed by atoms with Crippen LogP contribution in [-0.4, -0.2) is 79.2 Å². The Morgan fingerprint density at radius 1 is 1.03 bits per heavy atom. The van der Waals surface area contributed by atoms with E-state index in [1.54, 1.807) is 29.2 Å². The predicted octanol–water partition coefficient (Wildman–Crippen LogP) is 4.65. The molecule has 2 aromatic rings. The highest BCUT2D eigenvalue weighted by Crippen LogP contribution is 2.40. The van der Waals surface area contributed by atoms with Gasteiger partial charge in [-0.3, -0.25) is 14.5 Å². The van der Waals surface area contributed by atoms with E-state index < -0.39 is 17.7 Å². The lowest BCUT2D eigenvalue weighted by molar-refractivity contribution is -0.140. The van der Waals surface area contributed by atoms with Gasteiger partial charge in [0.05, 0.1) is 38.0 Å². The van der Waals surface area contributed by atoms with Crippen molar-refractivity contribution in [2.75, 3.05) is 52.6 Å². The van der Waals surface area contributed by atoms with Crippen molar-refractivity contribution in [1.29, 1.82) is 0 Å². The van der Waals surface area contributed by atoms with Gasteiger partial charge < -0.3 is 24.2 Å². The van der Waals surface area contributed by atoms with E-state index in [4.69, 9.17) is 14.2 Å². The lowest BCUT2D eigenvalue weighted by Crippen LogP contribution is -2.38. The van der Waals surface area contributed by atoms with Crippen molar-refractivity contribution in [3.8, 4) is 11.5 Å². The smallest absolute Gasteiger partial charge is 0.295 e. The van der Waals surface area contributed by atoms with E-state index in [1.807, 2.05) is 31.2 Å². The molecule has 2 fully saturated rings. The number of nitrogens with zero attached hydrogens (tertiary/aromatic N) is 2. The molecule has 0 radical (unpaired) electrons. The van der Waals surface area contributed by atoms with Crippen LogP contribution in [-0.2, 0) is 14.3 Å². The molecule has 1 N–H and O–H groups in total. The van der Waals surface area contributed by atoms with Gasteiger partial charge in [-0.2, -0.15) is 0 Å². The molecule has 2 aliphatic rings. The second kappa shape index (κ2) is 13.6. The van der Waals surface area contributed by atoms with Crippen molar-refractivity contribution in [1.82, 2.24) is 9.80 Å². The maximum atomic E-state index is 13.4. The zero-order valence-electron chi connectivity index (χ0n) is 23.2. The summed E-state index contributed by atoms with van der Waals surface area (Å²) in [5.74, 6) is 0.391. The molecule has 4 rings (SSSR count). The summed E-state index contributed by atoms with van der Waals surface area (Å²) in [6.07, 6.45) is 1.62. The van der Waals surface area contributed by atoms with E-state index in [2.05, 4.69) is 18.7 Å². The van der Waals surface area contributed by atoms with Gasteiger partial charge in [0.1, 0.15) is 17.3 Å². The number of hydrogen-bond acceptors (Lipinski definition) is 7. The van der Waals surface area contributed by atoms with Gasteiger partial charge in [-0.05, 0) is 67.6 Å².